The summed E-state index contributed by atoms with van der Waals surface area (Å²) in [5.74, 6) is 7.39. The second kappa shape index (κ2) is 1.91. The first-order valence-corrected chi connectivity index (χ1v) is 5.95. The van der Waals surface area contributed by atoms with Gasteiger partial charge in [0.1, 0.15) is 0 Å². The van der Waals surface area contributed by atoms with Crippen molar-refractivity contribution in [1.29, 1.82) is 0 Å². The molecule has 12 heavy (non-hydrogen) atoms. The predicted molar refractivity (Wildman–Crippen MR) is 48.6 cm³/mol. The summed E-state index contributed by atoms with van der Waals surface area (Å²) in [6, 6.07) is 0. The molecule has 0 N–H and O–H groups in total. The molecule has 0 bridgehead atoms. The largest absolute Gasteiger partial charge is 0.0530 e. The summed E-state index contributed by atoms with van der Waals surface area (Å²) >= 11 is 0. The summed E-state index contributed by atoms with van der Waals surface area (Å²) in [5, 5.41) is 0. The van der Waals surface area contributed by atoms with Crippen molar-refractivity contribution in [3.63, 3.8) is 0 Å². The normalized spacial score (nSPS) is 66.0. The van der Waals surface area contributed by atoms with E-state index < -0.39 is 0 Å². The summed E-state index contributed by atoms with van der Waals surface area (Å²) in [6.45, 7) is 0. The summed E-state index contributed by atoms with van der Waals surface area (Å²) in [5.41, 5.74) is 0. The van der Waals surface area contributed by atoms with Crippen molar-refractivity contribution in [2.24, 2.45) is 35.5 Å². The van der Waals surface area contributed by atoms with Gasteiger partial charge in [0.25, 0.3) is 0 Å². The quantitative estimate of drug-likeness (QED) is 0.513. The van der Waals surface area contributed by atoms with Gasteiger partial charge in [0.15, 0.2) is 0 Å². The highest BCUT2D eigenvalue weighted by Crippen LogP contribution is 2.71. The zero-order valence-electron chi connectivity index (χ0n) is 7.71. The molecule has 6 unspecified atom stereocenters. The Morgan fingerprint density at radius 3 is 1.42 bits per heavy atom. The fraction of sp³-hybridized carbons (Fsp3) is 1.00. The van der Waals surface area contributed by atoms with E-state index in [2.05, 4.69) is 0 Å². The number of fused-ring (bicyclic) bond motifs is 6. The zero-order valence-corrected chi connectivity index (χ0v) is 7.71. The molecule has 4 rings (SSSR count). The minimum absolute atomic E-state index is 1.22. The van der Waals surface area contributed by atoms with E-state index in [0.717, 1.165) is 0 Å². The second-order valence-electron chi connectivity index (χ2n) is 5.74. The molecular weight excluding hydrogens is 144 g/mol. The van der Waals surface area contributed by atoms with E-state index >= 15 is 0 Å². The van der Waals surface area contributed by atoms with Crippen molar-refractivity contribution in [3.8, 4) is 0 Å². The maximum atomic E-state index is 1.64. The lowest BCUT2D eigenvalue weighted by atomic mass is 9.70. The molecule has 0 amide bonds. The number of hydrogen-bond acceptors (Lipinski definition) is 0. The summed E-state index contributed by atoms with van der Waals surface area (Å²) in [7, 11) is 0. The lowest BCUT2D eigenvalue weighted by Crippen LogP contribution is -2.27. The molecule has 0 heteroatoms. The molecule has 0 aromatic heterocycles. The Morgan fingerprint density at radius 1 is 0.500 bits per heavy atom. The highest BCUT2D eigenvalue weighted by molar-refractivity contribution is 5.13. The molecular formula is C12H18. The van der Waals surface area contributed by atoms with Crippen LogP contribution in [0, 0.1) is 35.5 Å². The Morgan fingerprint density at radius 2 is 0.917 bits per heavy atom. The highest BCUT2D eigenvalue weighted by Gasteiger charge is 2.64. The minimum Gasteiger partial charge on any atom is -0.0530 e. The Kier molecular flexibility index (Phi) is 1.03. The summed E-state index contributed by atoms with van der Waals surface area (Å²) < 4.78 is 0. The zero-order chi connectivity index (χ0) is 7.71. The van der Waals surface area contributed by atoms with Crippen molar-refractivity contribution in [2.75, 3.05) is 0 Å². The third-order valence-corrected chi connectivity index (χ3v) is 5.31. The van der Waals surface area contributed by atoms with Crippen molar-refractivity contribution in [2.45, 2.75) is 38.5 Å². The first kappa shape index (κ1) is 6.45. The standard InChI is InChI=1S/C12H18/c1-2-4-8-7(3-1)9-5-11(9)12-6-10(8)12/h7-12H,1-6H2. The molecule has 4 aliphatic carbocycles. The van der Waals surface area contributed by atoms with Crippen LogP contribution < -0.4 is 0 Å². The van der Waals surface area contributed by atoms with Crippen LogP contribution >= 0.6 is 0 Å². The third kappa shape index (κ3) is 0.661. The number of hydrogen-bond donors (Lipinski definition) is 0. The molecule has 0 aromatic carbocycles. The van der Waals surface area contributed by atoms with Crippen LogP contribution in [-0.2, 0) is 0 Å². The maximum absolute atomic E-state index is 1.64. The molecule has 4 fully saturated rings. The molecule has 0 spiro atoms. The van der Waals surface area contributed by atoms with E-state index in [-0.39, 0.29) is 0 Å². The molecule has 6 atom stereocenters. The fourth-order valence-electron chi connectivity index (χ4n) is 4.69. The van der Waals surface area contributed by atoms with Crippen LogP contribution in [0.5, 0.6) is 0 Å². The molecule has 0 saturated heterocycles. The minimum atomic E-state index is 1.22. The topological polar surface area (TPSA) is 0 Å². The van der Waals surface area contributed by atoms with Crippen LogP contribution in [0.4, 0.5) is 0 Å². The van der Waals surface area contributed by atoms with Crippen LogP contribution in [0.3, 0.4) is 0 Å². The Bertz CT molecular complexity index is 196. The van der Waals surface area contributed by atoms with E-state index in [4.69, 9.17) is 0 Å². The molecule has 0 heterocycles. The average Bonchev–Trinajstić information content (AvgIpc) is 2.98. The Hall–Kier alpha value is 0. The van der Waals surface area contributed by atoms with Crippen LogP contribution in [0.15, 0.2) is 0 Å². The van der Waals surface area contributed by atoms with Gasteiger partial charge >= 0.3 is 0 Å². The predicted octanol–water partition coefficient (Wildman–Crippen LogP) is 3.08. The molecule has 4 aliphatic rings. The Labute approximate surface area is 74.7 Å². The maximum Gasteiger partial charge on any atom is -0.0349 e. The first-order chi connectivity index (χ1) is 5.95. The van der Waals surface area contributed by atoms with Crippen LogP contribution in [0.2, 0.25) is 0 Å². The van der Waals surface area contributed by atoms with Crippen molar-refractivity contribution in [1.82, 2.24) is 0 Å². The first-order valence-electron chi connectivity index (χ1n) is 5.95. The van der Waals surface area contributed by atoms with E-state index in [1.807, 2.05) is 0 Å². The van der Waals surface area contributed by atoms with E-state index in [0.29, 0.717) is 0 Å². The number of rotatable bonds is 0. The third-order valence-electron chi connectivity index (χ3n) is 5.31. The summed E-state index contributed by atoms with van der Waals surface area (Å²) in [6.07, 6.45) is 9.61. The van der Waals surface area contributed by atoms with Gasteiger partial charge in [0.05, 0.1) is 0 Å². The van der Waals surface area contributed by atoms with Crippen molar-refractivity contribution < 1.29 is 0 Å². The smallest absolute Gasteiger partial charge is 0.0349 e. The van der Waals surface area contributed by atoms with Gasteiger partial charge < -0.3 is 0 Å². The van der Waals surface area contributed by atoms with E-state index in [1.54, 1.807) is 38.5 Å². The van der Waals surface area contributed by atoms with Gasteiger partial charge in [-0.3, -0.25) is 0 Å². The van der Waals surface area contributed by atoms with Crippen LogP contribution in [0.25, 0.3) is 0 Å². The van der Waals surface area contributed by atoms with Crippen molar-refractivity contribution >= 4 is 0 Å². The monoisotopic (exact) mass is 162 g/mol. The second-order valence-corrected chi connectivity index (χ2v) is 5.74. The lowest BCUT2D eigenvalue weighted by molar-refractivity contribution is 0.144. The highest BCUT2D eigenvalue weighted by atomic mass is 14.7. The molecule has 0 aliphatic heterocycles. The van der Waals surface area contributed by atoms with Gasteiger partial charge in [-0.2, -0.15) is 0 Å². The Balaban J connectivity index is 1.67. The lowest BCUT2D eigenvalue weighted by Gasteiger charge is -2.35. The van der Waals surface area contributed by atoms with Crippen LogP contribution in [-0.4, -0.2) is 0 Å². The molecule has 66 valence electrons. The fourth-order valence-corrected chi connectivity index (χ4v) is 4.69. The summed E-state index contributed by atoms with van der Waals surface area (Å²) in [4.78, 5) is 0. The molecule has 0 radical (unpaired) electrons. The van der Waals surface area contributed by atoms with Crippen LogP contribution in [0.1, 0.15) is 38.5 Å². The molecule has 0 nitrogen and oxygen atoms in total. The molecule has 0 aromatic rings. The van der Waals surface area contributed by atoms with E-state index in [9.17, 15) is 0 Å². The molecule has 4 saturated carbocycles. The SMILES string of the molecule is C1CCC2C(C1)C1CC1C1CC21. The van der Waals surface area contributed by atoms with Gasteiger partial charge in [0, 0.05) is 0 Å². The van der Waals surface area contributed by atoms with Gasteiger partial charge in [0.2, 0.25) is 0 Å². The van der Waals surface area contributed by atoms with Gasteiger partial charge in [-0.25, -0.2) is 0 Å². The van der Waals surface area contributed by atoms with Gasteiger partial charge in [-0.1, -0.05) is 12.8 Å². The van der Waals surface area contributed by atoms with Gasteiger partial charge in [-0.15, -0.1) is 0 Å². The average molecular weight is 162 g/mol. The van der Waals surface area contributed by atoms with Gasteiger partial charge in [-0.05, 0) is 61.2 Å². The van der Waals surface area contributed by atoms with E-state index in [1.165, 1.54) is 35.5 Å². The van der Waals surface area contributed by atoms with Crippen molar-refractivity contribution in [3.05, 3.63) is 0 Å².